The SMILES string of the molecule is CC(=O)Sc1ccccc1C(C)C(=O)O. The predicted molar refractivity (Wildman–Crippen MR) is 59.0 cm³/mol. The Bertz CT molecular complexity index is 387. The van der Waals surface area contributed by atoms with E-state index in [1.54, 1.807) is 31.2 Å². The number of hydrogen-bond donors (Lipinski definition) is 1. The second kappa shape index (κ2) is 4.98. The lowest BCUT2D eigenvalue weighted by Crippen LogP contribution is -2.08. The summed E-state index contributed by atoms with van der Waals surface area (Å²) in [5, 5.41) is 8.86. The van der Waals surface area contributed by atoms with E-state index in [2.05, 4.69) is 0 Å². The molecule has 1 N–H and O–H groups in total. The number of hydrogen-bond acceptors (Lipinski definition) is 3. The van der Waals surface area contributed by atoms with Crippen molar-refractivity contribution in [2.45, 2.75) is 24.7 Å². The molecule has 0 aliphatic rings. The highest BCUT2D eigenvalue weighted by atomic mass is 32.2. The van der Waals surface area contributed by atoms with Crippen LogP contribution in [0.25, 0.3) is 0 Å². The van der Waals surface area contributed by atoms with E-state index in [4.69, 9.17) is 5.11 Å². The van der Waals surface area contributed by atoms with E-state index in [0.717, 1.165) is 16.7 Å². The zero-order valence-corrected chi connectivity index (χ0v) is 9.38. The summed E-state index contributed by atoms with van der Waals surface area (Å²) in [5.74, 6) is -1.47. The van der Waals surface area contributed by atoms with Crippen LogP contribution in [0.1, 0.15) is 25.3 Å². The molecule has 0 saturated heterocycles. The Hall–Kier alpha value is -1.29. The second-order valence-electron chi connectivity index (χ2n) is 3.19. The molecule has 1 atom stereocenters. The van der Waals surface area contributed by atoms with Gasteiger partial charge in [0.25, 0.3) is 0 Å². The van der Waals surface area contributed by atoms with Crippen molar-refractivity contribution < 1.29 is 14.7 Å². The smallest absolute Gasteiger partial charge is 0.310 e. The monoisotopic (exact) mass is 224 g/mol. The normalized spacial score (nSPS) is 12.1. The van der Waals surface area contributed by atoms with Gasteiger partial charge in [0, 0.05) is 11.8 Å². The number of carboxylic acids is 1. The van der Waals surface area contributed by atoms with Gasteiger partial charge < -0.3 is 5.11 Å². The lowest BCUT2D eigenvalue weighted by atomic mass is 10.0. The maximum absolute atomic E-state index is 11.0. The van der Waals surface area contributed by atoms with Crippen LogP contribution in [0.15, 0.2) is 29.2 Å². The Kier molecular flexibility index (Phi) is 3.91. The summed E-state index contributed by atoms with van der Waals surface area (Å²) in [6.07, 6.45) is 0. The first-order valence-corrected chi connectivity index (χ1v) is 5.34. The maximum atomic E-state index is 11.0. The van der Waals surface area contributed by atoms with E-state index in [1.165, 1.54) is 6.92 Å². The highest BCUT2D eigenvalue weighted by molar-refractivity contribution is 8.13. The van der Waals surface area contributed by atoms with Crippen LogP contribution < -0.4 is 0 Å². The van der Waals surface area contributed by atoms with Crippen LogP contribution in [0.2, 0.25) is 0 Å². The standard InChI is InChI=1S/C11H12O3S/c1-7(11(13)14)9-5-3-4-6-10(9)15-8(2)12/h3-7H,1-2H3,(H,13,14). The van der Waals surface area contributed by atoms with Gasteiger partial charge in [0.15, 0.2) is 5.12 Å². The van der Waals surface area contributed by atoms with Crippen LogP contribution in [0.3, 0.4) is 0 Å². The molecule has 0 bridgehead atoms. The molecule has 0 fully saturated rings. The van der Waals surface area contributed by atoms with Crippen LogP contribution in [0.5, 0.6) is 0 Å². The summed E-state index contributed by atoms with van der Waals surface area (Å²) in [5.41, 5.74) is 0.685. The number of aliphatic carboxylic acids is 1. The van der Waals surface area contributed by atoms with E-state index >= 15 is 0 Å². The molecule has 0 saturated carbocycles. The lowest BCUT2D eigenvalue weighted by Gasteiger charge is -2.10. The predicted octanol–water partition coefficient (Wildman–Crippen LogP) is 2.51. The van der Waals surface area contributed by atoms with Gasteiger partial charge >= 0.3 is 5.97 Å². The van der Waals surface area contributed by atoms with Gasteiger partial charge in [-0.25, -0.2) is 0 Å². The van der Waals surface area contributed by atoms with E-state index < -0.39 is 11.9 Å². The van der Waals surface area contributed by atoms with Gasteiger partial charge in [0.2, 0.25) is 0 Å². The Morgan fingerprint density at radius 2 is 1.93 bits per heavy atom. The minimum Gasteiger partial charge on any atom is -0.481 e. The maximum Gasteiger partial charge on any atom is 0.310 e. The lowest BCUT2D eigenvalue weighted by molar-refractivity contribution is -0.138. The highest BCUT2D eigenvalue weighted by Crippen LogP contribution is 2.28. The third-order valence-electron chi connectivity index (χ3n) is 2.01. The summed E-state index contributed by atoms with van der Waals surface area (Å²) in [6.45, 7) is 3.08. The van der Waals surface area contributed by atoms with Crippen molar-refractivity contribution in [2.24, 2.45) is 0 Å². The van der Waals surface area contributed by atoms with Crippen molar-refractivity contribution >= 4 is 22.8 Å². The van der Waals surface area contributed by atoms with Crippen molar-refractivity contribution in [1.82, 2.24) is 0 Å². The molecule has 0 heterocycles. The topological polar surface area (TPSA) is 54.4 Å². The first kappa shape index (κ1) is 11.8. The highest BCUT2D eigenvalue weighted by Gasteiger charge is 2.17. The van der Waals surface area contributed by atoms with E-state index in [1.807, 2.05) is 0 Å². The molecule has 0 aliphatic heterocycles. The van der Waals surface area contributed by atoms with Crippen molar-refractivity contribution in [1.29, 1.82) is 0 Å². The first-order valence-electron chi connectivity index (χ1n) is 4.52. The number of carbonyl (C=O) groups is 2. The summed E-state index contributed by atoms with van der Waals surface area (Å²) < 4.78 is 0. The van der Waals surface area contributed by atoms with Gasteiger partial charge in [-0.3, -0.25) is 9.59 Å². The van der Waals surface area contributed by atoms with Crippen LogP contribution in [-0.2, 0) is 9.59 Å². The molecule has 0 aliphatic carbocycles. The summed E-state index contributed by atoms with van der Waals surface area (Å²) in [4.78, 5) is 22.5. The van der Waals surface area contributed by atoms with Gasteiger partial charge in [0.05, 0.1) is 5.92 Å². The fourth-order valence-corrected chi connectivity index (χ4v) is 2.04. The van der Waals surface area contributed by atoms with Crippen LogP contribution in [0.4, 0.5) is 0 Å². The third kappa shape index (κ3) is 3.09. The van der Waals surface area contributed by atoms with Crippen molar-refractivity contribution in [3.63, 3.8) is 0 Å². The van der Waals surface area contributed by atoms with E-state index in [9.17, 15) is 9.59 Å². The van der Waals surface area contributed by atoms with Gasteiger partial charge in [0.1, 0.15) is 0 Å². The van der Waals surface area contributed by atoms with E-state index in [-0.39, 0.29) is 5.12 Å². The summed E-state index contributed by atoms with van der Waals surface area (Å²) in [6, 6.07) is 7.08. The fraction of sp³-hybridized carbons (Fsp3) is 0.273. The van der Waals surface area contributed by atoms with E-state index in [0.29, 0.717) is 5.56 Å². The molecule has 0 spiro atoms. The largest absolute Gasteiger partial charge is 0.481 e. The van der Waals surface area contributed by atoms with Crippen LogP contribution >= 0.6 is 11.8 Å². The number of carboxylic acid groups (broad SMARTS) is 1. The zero-order valence-electron chi connectivity index (χ0n) is 8.56. The molecule has 1 aromatic carbocycles. The van der Waals surface area contributed by atoms with Crippen molar-refractivity contribution in [3.05, 3.63) is 29.8 Å². The molecule has 15 heavy (non-hydrogen) atoms. The Morgan fingerprint density at radius 1 is 1.33 bits per heavy atom. The second-order valence-corrected chi connectivity index (χ2v) is 4.41. The Labute approximate surface area is 92.5 Å². The Morgan fingerprint density at radius 3 is 2.47 bits per heavy atom. The van der Waals surface area contributed by atoms with Gasteiger partial charge in [-0.15, -0.1) is 0 Å². The number of benzene rings is 1. The molecule has 80 valence electrons. The average Bonchev–Trinajstić information content (AvgIpc) is 2.16. The fourth-order valence-electron chi connectivity index (χ4n) is 1.22. The molecule has 1 aromatic rings. The molecule has 0 radical (unpaired) electrons. The van der Waals surface area contributed by atoms with Crippen LogP contribution in [-0.4, -0.2) is 16.2 Å². The minimum atomic E-state index is -0.883. The summed E-state index contributed by atoms with van der Waals surface area (Å²) >= 11 is 1.07. The molecule has 0 aromatic heterocycles. The van der Waals surface area contributed by atoms with Gasteiger partial charge in [-0.1, -0.05) is 30.0 Å². The molecular formula is C11H12O3S. The molecule has 3 nitrogen and oxygen atoms in total. The average molecular weight is 224 g/mol. The number of rotatable bonds is 3. The van der Waals surface area contributed by atoms with Crippen molar-refractivity contribution in [2.75, 3.05) is 0 Å². The quantitative estimate of drug-likeness (QED) is 0.801. The van der Waals surface area contributed by atoms with Gasteiger partial charge in [-0.05, 0) is 18.6 Å². The number of carbonyl (C=O) groups excluding carboxylic acids is 1. The molecule has 4 heteroatoms. The number of thioether (sulfide) groups is 1. The summed E-state index contributed by atoms with van der Waals surface area (Å²) in [7, 11) is 0. The minimum absolute atomic E-state index is 0.0416. The first-order chi connectivity index (χ1) is 7.02. The third-order valence-corrected chi connectivity index (χ3v) is 2.89. The Balaban J connectivity index is 3.05. The van der Waals surface area contributed by atoms with Crippen molar-refractivity contribution in [3.8, 4) is 0 Å². The molecular weight excluding hydrogens is 212 g/mol. The van der Waals surface area contributed by atoms with Gasteiger partial charge in [-0.2, -0.15) is 0 Å². The molecule has 1 rings (SSSR count). The van der Waals surface area contributed by atoms with Crippen LogP contribution in [0, 0.1) is 0 Å². The zero-order chi connectivity index (χ0) is 11.4. The molecule has 1 unspecified atom stereocenters. The molecule has 0 amide bonds.